The van der Waals surface area contributed by atoms with Crippen molar-refractivity contribution in [3.05, 3.63) is 11.9 Å². The van der Waals surface area contributed by atoms with Gasteiger partial charge in [-0.25, -0.2) is 14.8 Å². The van der Waals surface area contributed by atoms with Crippen LogP contribution >= 0.6 is 0 Å². The number of aromatic nitrogens is 2. The molecule has 1 spiro atoms. The Hall–Kier alpha value is -1.89. The van der Waals surface area contributed by atoms with E-state index in [-0.39, 0.29) is 6.03 Å². The third kappa shape index (κ3) is 2.20. The highest BCUT2D eigenvalue weighted by atomic mass is 16.2. The summed E-state index contributed by atoms with van der Waals surface area (Å²) in [5.74, 6) is 1.65. The van der Waals surface area contributed by atoms with Crippen molar-refractivity contribution < 1.29 is 4.79 Å². The number of piperidine rings is 1. The van der Waals surface area contributed by atoms with Crippen LogP contribution in [0.4, 0.5) is 16.4 Å². The number of hydrogen-bond acceptors (Lipinski definition) is 5. The summed E-state index contributed by atoms with van der Waals surface area (Å²) in [6.45, 7) is 4.94. The molecule has 0 radical (unpaired) electrons. The molecule has 2 N–H and O–H groups in total. The topological polar surface area (TPSA) is 73.4 Å². The first-order valence-corrected chi connectivity index (χ1v) is 7.99. The Bertz CT molecular complexity index is 588. The number of nitrogens with zero attached hydrogens (tertiary/aromatic N) is 4. The minimum atomic E-state index is -0.105. The van der Waals surface area contributed by atoms with Gasteiger partial charge in [-0.05, 0) is 31.2 Å². The van der Waals surface area contributed by atoms with E-state index in [1.54, 1.807) is 18.3 Å². The zero-order valence-corrected chi connectivity index (χ0v) is 12.9. The Labute approximate surface area is 130 Å². The number of carbonyl (C=O) groups is 1. The van der Waals surface area contributed by atoms with Gasteiger partial charge in [-0.3, -0.25) is 5.32 Å². The van der Waals surface area contributed by atoms with Gasteiger partial charge in [0.25, 0.3) is 0 Å². The summed E-state index contributed by atoms with van der Waals surface area (Å²) < 4.78 is 0. The minimum Gasteiger partial charge on any atom is -0.356 e. The van der Waals surface area contributed by atoms with E-state index in [0.29, 0.717) is 17.8 Å². The van der Waals surface area contributed by atoms with Gasteiger partial charge in [-0.1, -0.05) is 0 Å². The largest absolute Gasteiger partial charge is 0.356 e. The van der Waals surface area contributed by atoms with E-state index in [1.807, 2.05) is 0 Å². The predicted molar refractivity (Wildman–Crippen MR) is 83.9 cm³/mol. The minimum absolute atomic E-state index is 0.105. The second kappa shape index (κ2) is 5.08. The van der Waals surface area contributed by atoms with Crippen molar-refractivity contribution >= 4 is 17.7 Å². The molecule has 0 unspecified atom stereocenters. The van der Waals surface area contributed by atoms with Crippen LogP contribution in [0.3, 0.4) is 0 Å². The Morgan fingerprint density at radius 3 is 2.77 bits per heavy atom. The maximum absolute atomic E-state index is 11.7. The molecule has 2 fully saturated rings. The number of fused-ring (bicyclic) bond motifs is 1. The molecule has 2 saturated heterocycles. The first-order chi connectivity index (χ1) is 10.7. The first kappa shape index (κ1) is 13.8. The van der Waals surface area contributed by atoms with Crippen LogP contribution in [0.2, 0.25) is 0 Å². The Morgan fingerprint density at radius 1 is 1.23 bits per heavy atom. The highest BCUT2D eigenvalue weighted by Gasteiger charge is 2.38. The molecule has 3 aliphatic heterocycles. The van der Waals surface area contributed by atoms with E-state index >= 15 is 0 Å². The highest BCUT2D eigenvalue weighted by molar-refractivity contribution is 5.91. The van der Waals surface area contributed by atoms with Gasteiger partial charge >= 0.3 is 6.03 Å². The number of nitrogens with one attached hydrogen (secondary N) is 2. The molecule has 1 aromatic heterocycles. The predicted octanol–water partition coefficient (Wildman–Crippen LogP) is 1.03. The van der Waals surface area contributed by atoms with Crippen LogP contribution in [0, 0.1) is 5.41 Å². The third-order valence-electron chi connectivity index (χ3n) is 5.35. The van der Waals surface area contributed by atoms with Crippen LogP contribution in [0.25, 0.3) is 0 Å². The Balaban J connectivity index is 1.57. The molecular weight excluding hydrogens is 280 g/mol. The average Bonchev–Trinajstić information content (AvgIpc) is 2.97. The van der Waals surface area contributed by atoms with Gasteiger partial charge in [0, 0.05) is 26.7 Å². The summed E-state index contributed by atoms with van der Waals surface area (Å²) in [4.78, 5) is 24.5. The molecule has 118 valence electrons. The molecule has 7 nitrogen and oxygen atoms in total. The molecule has 0 aliphatic carbocycles. The van der Waals surface area contributed by atoms with E-state index in [2.05, 4.69) is 25.5 Å². The third-order valence-corrected chi connectivity index (χ3v) is 5.35. The zero-order chi connectivity index (χ0) is 15.2. The summed E-state index contributed by atoms with van der Waals surface area (Å²) in [5, 5.41) is 6.34. The van der Waals surface area contributed by atoms with Crippen molar-refractivity contribution in [2.45, 2.75) is 25.8 Å². The maximum atomic E-state index is 11.7. The average molecular weight is 302 g/mol. The molecule has 3 aliphatic rings. The van der Waals surface area contributed by atoms with E-state index in [4.69, 9.17) is 0 Å². The standard InChI is InChI=1S/C15H22N6O/c1-20-8-11-12(19-14(20)22)17-10-18-13(11)21-6-3-15(4-7-21)2-5-16-9-15/h10,16H,2-9H2,1H3,(H,17,18,19,22). The molecule has 2 amide bonds. The highest BCUT2D eigenvalue weighted by Crippen LogP contribution is 2.39. The number of urea groups is 1. The van der Waals surface area contributed by atoms with E-state index in [9.17, 15) is 4.79 Å². The maximum Gasteiger partial charge on any atom is 0.323 e. The summed E-state index contributed by atoms with van der Waals surface area (Å²) >= 11 is 0. The van der Waals surface area contributed by atoms with Gasteiger partial charge in [-0.2, -0.15) is 0 Å². The van der Waals surface area contributed by atoms with Crippen LogP contribution in [-0.4, -0.2) is 54.1 Å². The number of rotatable bonds is 1. The van der Waals surface area contributed by atoms with Crippen molar-refractivity contribution in [3.8, 4) is 0 Å². The quantitative estimate of drug-likeness (QED) is 0.811. The van der Waals surface area contributed by atoms with Gasteiger partial charge in [0.15, 0.2) is 0 Å². The van der Waals surface area contributed by atoms with Crippen LogP contribution < -0.4 is 15.5 Å². The fourth-order valence-electron chi connectivity index (χ4n) is 3.85. The fourth-order valence-corrected chi connectivity index (χ4v) is 3.85. The van der Waals surface area contributed by atoms with Gasteiger partial charge < -0.3 is 15.1 Å². The second-order valence-corrected chi connectivity index (χ2v) is 6.72. The molecule has 1 aromatic rings. The lowest BCUT2D eigenvalue weighted by atomic mass is 9.78. The van der Waals surface area contributed by atoms with E-state index in [0.717, 1.165) is 37.6 Å². The van der Waals surface area contributed by atoms with E-state index < -0.39 is 0 Å². The Morgan fingerprint density at radius 2 is 2.05 bits per heavy atom. The lowest BCUT2D eigenvalue weighted by Crippen LogP contribution is -2.43. The van der Waals surface area contributed by atoms with Gasteiger partial charge in [0.1, 0.15) is 18.0 Å². The van der Waals surface area contributed by atoms with Gasteiger partial charge in [0.05, 0.1) is 12.1 Å². The monoisotopic (exact) mass is 302 g/mol. The lowest BCUT2D eigenvalue weighted by Gasteiger charge is -2.40. The summed E-state index contributed by atoms with van der Waals surface area (Å²) in [7, 11) is 1.80. The van der Waals surface area contributed by atoms with Crippen molar-refractivity contribution in [2.75, 3.05) is 43.4 Å². The number of hydrogen-bond donors (Lipinski definition) is 2. The van der Waals surface area contributed by atoms with Gasteiger partial charge in [0.2, 0.25) is 0 Å². The number of carbonyl (C=O) groups excluding carboxylic acids is 1. The summed E-state index contributed by atoms with van der Waals surface area (Å²) in [6.07, 6.45) is 5.27. The smallest absolute Gasteiger partial charge is 0.323 e. The molecule has 4 rings (SSSR count). The summed E-state index contributed by atoms with van der Waals surface area (Å²) in [5.41, 5.74) is 1.53. The molecule has 0 atom stereocenters. The lowest BCUT2D eigenvalue weighted by molar-refractivity contribution is 0.218. The molecule has 7 heteroatoms. The van der Waals surface area contributed by atoms with Crippen LogP contribution in [0.1, 0.15) is 24.8 Å². The van der Waals surface area contributed by atoms with Crippen molar-refractivity contribution in [3.63, 3.8) is 0 Å². The summed E-state index contributed by atoms with van der Waals surface area (Å²) in [6, 6.07) is -0.105. The number of anilines is 2. The molecule has 0 bridgehead atoms. The second-order valence-electron chi connectivity index (χ2n) is 6.72. The molecule has 22 heavy (non-hydrogen) atoms. The Kier molecular flexibility index (Phi) is 3.18. The normalized spacial score (nSPS) is 23.6. The van der Waals surface area contributed by atoms with Crippen molar-refractivity contribution in [1.82, 2.24) is 20.2 Å². The number of amides is 2. The van der Waals surface area contributed by atoms with Gasteiger partial charge in [-0.15, -0.1) is 0 Å². The SMILES string of the molecule is CN1Cc2c(ncnc2N2CCC3(CCNC3)CC2)NC1=O. The molecular formula is C15H22N6O. The van der Waals surface area contributed by atoms with Crippen molar-refractivity contribution in [1.29, 1.82) is 0 Å². The molecule has 4 heterocycles. The van der Waals surface area contributed by atoms with Crippen molar-refractivity contribution in [2.24, 2.45) is 5.41 Å². The first-order valence-electron chi connectivity index (χ1n) is 7.99. The van der Waals surface area contributed by atoms with Crippen LogP contribution in [0.15, 0.2) is 6.33 Å². The van der Waals surface area contributed by atoms with Crippen LogP contribution in [0.5, 0.6) is 0 Å². The zero-order valence-electron chi connectivity index (χ0n) is 12.9. The molecule has 0 saturated carbocycles. The van der Waals surface area contributed by atoms with Crippen LogP contribution in [-0.2, 0) is 6.54 Å². The fraction of sp³-hybridized carbons (Fsp3) is 0.667. The van der Waals surface area contributed by atoms with E-state index in [1.165, 1.54) is 19.3 Å². The molecule has 0 aromatic carbocycles.